The van der Waals surface area contributed by atoms with Crippen LogP contribution in [0.2, 0.25) is 0 Å². The maximum absolute atomic E-state index is 12.9. The van der Waals surface area contributed by atoms with Gasteiger partial charge in [0.15, 0.2) is 11.0 Å². The molecule has 0 atom stereocenters. The first kappa shape index (κ1) is 22.5. The molecule has 3 rings (SSSR count). The molecule has 1 saturated carbocycles. The van der Waals surface area contributed by atoms with Crippen LogP contribution in [0.15, 0.2) is 29.4 Å². The summed E-state index contributed by atoms with van der Waals surface area (Å²) in [5, 5.41) is 11.8. The highest BCUT2D eigenvalue weighted by molar-refractivity contribution is 7.99. The number of halogens is 3. The van der Waals surface area contributed by atoms with E-state index in [1.807, 2.05) is 11.5 Å². The summed E-state index contributed by atoms with van der Waals surface area (Å²) in [5.41, 5.74) is -0.363. The molecule has 0 radical (unpaired) electrons. The van der Waals surface area contributed by atoms with Crippen molar-refractivity contribution >= 4 is 23.4 Å². The van der Waals surface area contributed by atoms with Crippen LogP contribution in [0.4, 0.5) is 18.9 Å². The first-order chi connectivity index (χ1) is 14.4. The van der Waals surface area contributed by atoms with Gasteiger partial charge in [-0.25, -0.2) is 0 Å². The average Bonchev–Trinajstić information content (AvgIpc) is 3.13. The lowest BCUT2D eigenvalue weighted by molar-refractivity contribution is -0.147. The van der Waals surface area contributed by atoms with Crippen molar-refractivity contribution in [2.75, 3.05) is 11.1 Å². The number of carbonyl (C=O) groups excluding carboxylic acids is 1. The number of carbonyl (C=O) groups is 1. The Kier molecular flexibility index (Phi) is 7.63. The smallest absolute Gasteiger partial charge is 0.416 e. The van der Waals surface area contributed by atoms with Crippen molar-refractivity contribution in [3.63, 3.8) is 0 Å². The number of alkyl halides is 3. The summed E-state index contributed by atoms with van der Waals surface area (Å²) < 4.78 is 45.9. The van der Waals surface area contributed by atoms with Gasteiger partial charge in [-0.3, -0.25) is 4.79 Å². The van der Waals surface area contributed by atoms with E-state index in [2.05, 4.69) is 15.5 Å². The number of hydrogen-bond donors (Lipinski definition) is 1. The van der Waals surface area contributed by atoms with Crippen LogP contribution < -0.4 is 5.32 Å². The van der Waals surface area contributed by atoms with Crippen molar-refractivity contribution in [2.45, 2.75) is 69.6 Å². The predicted molar refractivity (Wildman–Crippen MR) is 108 cm³/mol. The number of rotatable bonds is 8. The van der Waals surface area contributed by atoms with Gasteiger partial charge >= 0.3 is 12.1 Å². The van der Waals surface area contributed by atoms with Gasteiger partial charge in [0.25, 0.3) is 0 Å². The molecular formula is C20H25F3N4O2S. The molecule has 1 aromatic carbocycles. The summed E-state index contributed by atoms with van der Waals surface area (Å²) >= 11 is 1.25. The molecular weight excluding hydrogens is 417 g/mol. The van der Waals surface area contributed by atoms with E-state index in [4.69, 9.17) is 4.74 Å². The molecule has 6 nitrogen and oxygen atoms in total. The lowest BCUT2D eigenvalue weighted by atomic mass is 9.98. The van der Waals surface area contributed by atoms with E-state index in [0.29, 0.717) is 23.2 Å². The number of ether oxygens (including phenoxy) is 1. The van der Waals surface area contributed by atoms with Crippen molar-refractivity contribution in [1.82, 2.24) is 14.8 Å². The highest BCUT2D eigenvalue weighted by atomic mass is 32.2. The molecule has 0 bridgehead atoms. The third-order valence-electron chi connectivity index (χ3n) is 4.92. The average molecular weight is 443 g/mol. The number of benzene rings is 1. The summed E-state index contributed by atoms with van der Waals surface area (Å²) in [6, 6.07) is 5.01. The predicted octanol–water partition coefficient (Wildman–Crippen LogP) is 4.90. The Morgan fingerprint density at radius 3 is 2.73 bits per heavy atom. The summed E-state index contributed by atoms with van der Waals surface area (Å²) in [7, 11) is 0. The minimum absolute atomic E-state index is 0.0168. The molecule has 0 saturated heterocycles. The second-order valence-corrected chi connectivity index (χ2v) is 8.06. The zero-order chi connectivity index (χ0) is 21.6. The topological polar surface area (TPSA) is 69.0 Å². The molecule has 1 aliphatic carbocycles. The highest BCUT2D eigenvalue weighted by Gasteiger charge is 2.30. The molecule has 1 aromatic heterocycles. The Hall–Kier alpha value is -2.23. The van der Waals surface area contributed by atoms with Crippen molar-refractivity contribution in [2.24, 2.45) is 0 Å². The van der Waals surface area contributed by atoms with Crippen molar-refractivity contribution < 1.29 is 22.7 Å². The normalized spacial score (nSPS) is 15.2. The maximum Gasteiger partial charge on any atom is 0.416 e. The third kappa shape index (κ3) is 6.13. The second-order valence-electron chi connectivity index (χ2n) is 7.11. The van der Waals surface area contributed by atoms with Crippen LogP contribution >= 0.6 is 11.8 Å². The molecule has 1 fully saturated rings. The number of nitrogens with zero attached hydrogens (tertiary/aromatic N) is 3. The van der Waals surface area contributed by atoms with E-state index in [1.165, 1.54) is 24.2 Å². The first-order valence-corrected chi connectivity index (χ1v) is 11.0. The fraction of sp³-hybridized carbons (Fsp3) is 0.550. The Morgan fingerprint density at radius 2 is 2.03 bits per heavy atom. The molecule has 164 valence electrons. The van der Waals surface area contributed by atoms with Gasteiger partial charge in [-0.15, -0.1) is 10.2 Å². The minimum atomic E-state index is -4.39. The van der Waals surface area contributed by atoms with Crippen LogP contribution in [0.3, 0.4) is 0 Å². The fourth-order valence-corrected chi connectivity index (χ4v) is 4.19. The summed E-state index contributed by atoms with van der Waals surface area (Å²) in [4.78, 5) is 12.1. The van der Waals surface area contributed by atoms with Gasteiger partial charge in [0, 0.05) is 12.2 Å². The standard InChI is InChI=1S/C20H25F3N4O2S/c1-2-27-17(12-24-15-8-6-7-14(11-15)20(21,22)23)25-26-19(27)30-13-18(28)29-16-9-4-3-5-10-16/h6-8,11,16,24H,2-5,9-10,12-13H2,1H3. The number of anilines is 1. The Labute approximate surface area is 177 Å². The number of aromatic nitrogens is 3. The molecule has 2 aromatic rings. The first-order valence-electron chi connectivity index (χ1n) is 10.0. The molecule has 10 heteroatoms. The molecule has 1 heterocycles. The van der Waals surface area contributed by atoms with Crippen molar-refractivity contribution in [3.8, 4) is 0 Å². The van der Waals surface area contributed by atoms with E-state index in [0.717, 1.165) is 37.8 Å². The number of esters is 1. The van der Waals surface area contributed by atoms with E-state index >= 15 is 0 Å². The van der Waals surface area contributed by atoms with Crippen LogP contribution in [0.25, 0.3) is 0 Å². The molecule has 0 spiro atoms. The van der Waals surface area contributed by atoms with Crippen molar-refractivity contribution in [1.29, 1.82) is 0 Å². The quantitative estimate of drug-likeness (QED) is 0.463. The third-order valence-corrected chi connectivity index (χ3v) is 5.86. The van der Waals surface area contributed by atoms with E-state index in [1.54, 1.807) is 6.07 Å². The van der Waals surface area contributed by atoms with E-state index in [9.17, 15) is 18.0 Å². The van der Waals surface area contributed by atoms with Gasteiger partial charge in [0.05, 0.1) is 17.9 Å². The summed E-state index contributed by atoms with van der Waals surface area (Å²) in [6.45, 7) is 2.71. The largest absolute Gasteiger partial charge is 0.462 e. The monoisotopic (exact) mass is 442 g/mol. The van der Waals surface area contributed by atoms with Crippen LogP contribution in [-0.2, 0) is 28.8 Å². The minimum Gasteiger partial charge on any atom is -0.462 e. The van der Waals surface area contributed by atoms with Gasteiger partial charge < -0.3 is 14.6 Å². The van der Waals surface area contributed by atoms with E-state index in [-0.39, 0.29) is 24.4 Å². The fourth-order valence-electron chi connectivity index (χ4n) is 3.39. The highest BCUT2D eigenvalue weighted by Crippen LogP contribution is 2.30. The number of hydrogen-bond acceptors (Lipinski definition) is 6. The lowest BCUT2D eigenvalue weighted by Crippen LogP contribution is -2.22. The maximum atomic E-state index is 12.9. The van der Waals surface area contributed by atoms with Crippen LogP contribution in [0, 0.1) is 0 Å². The zero-order valence-corrected chi connectivity index (χ0v) is 17.6. The van der Waals surface area contributed by atoms with Crippen molar-refractivity contribution in [3.05, 3.63) is 35.7 Å². The summed E-state index contributed by atoms with van der Waals surface area (Å²) in [5.74, 6) is 0.467. The zero-order valence-electron chi connectivity index (χ0n) is 16.7. The van der Waals surface area contributed by atoms with Gasteiger partial charge in [-0.1, -0.05) is 24.2 Å². The van der Waals surface area contributed by atoms with Crippen LogP contribution in [-0.4, -0.2) is 32.6 Å². The SMILES string of the molecule is CCn1c(CNc2cccc(C(F)(F)F)c2)nnc1SCC(=O)OC1CCCCC1. The molecule has 0 unspecified atom stereocenters. The number of thioether (sulfide) groups is 1. The summed E-state index contributed by atoms with van der Waals surface area (Å²) in [6.07, 6.45) is 0.856. The molecule has 1 N–H and O–H groups in total. The van der Waals surface area contributed by atoms with Gasteiger partial charge in [-0.05, 0) is 50.8 Å². The lowest BCUT2D eigenvalue weighted by Gasteiger charge is -2.21. The van der Waals surface area contributed by atoms with Gasteiger partial charge in [0.2, 0.25) is 0 Å². The Balaban J connectivity index is 1.55. The van der Waals surface area contributed by atoms with Crippen LogP contribution in [0.1, 0.15) is 50.4 Å². The molecule has 1 aliphatic rings. The van der Waals surface area contributed by atoms with Gasteiger partial charge in [-0.2, -0.15) is 13.2 Å². The molecule has 0 amide bonds. The molecule has 0 aliphatic heterocycles. The van der Waals surface area contributed by atoms with E-state index < -0.39 is 11.7 Å². The van der Waals surface area contributed by atoms with Gasteiger partial charge in [0.1, 0.15) is 6.10 Å². The Morgan fingerprint density at radius 1 is 1.27 bits per heavy atom. The molecule has 30 heavy (non-hydrogen) atoms. The van der Waals surface area contributed by atoms with Crippen LogP contribution in [0.5, 0.6) is 0 Å². The number of nitrogens with one attached hydrogen (secondary N) is 1. The second kappa shape index (κ2) is 10.2. The Bertz CT molecular complexity index is 851.